The van der Waals surface area contributed by atoms with Crippen LogP contribution in [-0.4, -0.2) is 65.7 Å². The number of halogens is 2. The summed E-state index contributed by atoms with van der Waals surface area (Å²) in [6.07, 6.45) is 5.73. The van der Waals surface area contributed by atoms with Crippen LogP contribution in [0.4, 0.5) is 4.79 Å². The molecule has 33 heavy (non-hydrogen) atoms. The minimum Gasteiger partial charge on any atom is -0.480 e. The van der Waals surface area contributed by atoms with Crippen LogP contribution >= 0.6 is 56.9 Å². The van der Waals surface area contributed by atoms with Crippen molar-refractivity contribution in [3.05, 3.63) is 29.7 Å². The van der Waals surface area contributed by atoms with E-state index in [1.807, 2.05) is 0 Å². The van der Waals surface area contributed by atoms with E-state index in [1.165, 1.54) is 0 Å². The van der Waals surface area contributed by atoms with Gasteiger partial charge in [0.2, 0.25) is 5.91 Å². The molecule has 0 N–H and O–H groups in total. The molecule has 0 aromatic heterocycles. The van der Waals surface area contributed by atoms with Crippen molar-refractivity contribution in [3.8, 4) is 5.75 Å². The maximum Gasteiger partial charge on any atom is 0.344 e. The number of imide groups is 1. The van der Waals surface area contributed by atoms with Gasteiger partial charge in [0.05, 0.1) is 18.7 Å². The lowest BCUT2D eigenvalue weighted by Crippen LogP contribution is -2.42. The Kier molecular flexibility index (Phi) is 9.85. The second-order valence-corrected chi connectivity index (χ2v) is 10.8. The van der Waals surface area contributed by atoms with Gasteiger partial charge in [-0.15, -0.1) is 0 Å². The first-order valence-electron chi connectivity index (χ1n) is 10.6. The van der Waals surface area contributed by atoms with Crippen molar-refractivity contribution in [2.45, 2.75) is 32.6 Å². The SMILES string of the molecule is CCOC(=O)COc1c(I)cc(C=C2SC(=O)N(CC(=O)N3CCCCCC3)C2=O)cc1I. The molecule has 1 aromatic carbocycles. The molecule has 0 spiro atoms. The minimum atomic E-state index is -0.458. The number of rotatable bonds is 7. The molecular weight excluding hydrogens is 674 g/mol. The molecule has 0 bridgehead atoms. The molecule has 2 saturated heterocycles. The van der Waals surface area contributed by atoms with Gasteiger partial charge < -0.3 is 14.4 Å². The van der Waals surface area contributed by atoms with E-state index >= 15 is 0 Å². The second kappa shape index (κ2) is 12.4. The summed E-state index contributed by atoms with van der Waals surface area (Å²) >= 11 is 5.02. The average Bonchev–Trinajstić information content (AvgIpc) is 2.95. The standard InChI is InChI=1S/C22H24I2N2O6S/c1-2-31-19(28)13-32-20-15(23)9-14(10-16(20)24)11-17-21(29)26(22(30)33-17)12-18(27)25-7-5-3-4-6-8-25/h9-11H,2-8,12-13H2,1H3. The number of benzene rings is 1. The van der Waals surface area contributed by atoms with E-state index in [9.17, 15) is 19.2 Å². The Morgan fingerprint density at radius 1 is 1.09 bits per heavy atom. The van der Waals surface area contributed by atoms with Gasteiger partial charge in [-0.1, -0.05) is 12.8 Å². The molecule has 2 heterocycles. The van der Waals surface area contributed by atoms with Crippen LogP contribution in [-0.2, 0) is 19.1 Å². The number of thioether (sulfide) groups is 1. The smallest absolute Gasteiger partial charge is 0.344 e. The quantitative estimate of drug-likeness (QED) is 0.239. The predicted octanol–water partition coefficient (Wildman–Crippen LogP) is 4.28. The first kappa shape index (κ1) is 26.3. The lowest BCUT2D eigenvalue weighted by Gasteiger charge is -2.22. The first-order chi connectivity index (χ1) is 15.8. The van der Waals surface area contributed by atoms with E-state index in [0.717, 1.165) is 55.0 Å². The van der Waals surface area contributed by atoms with Gasteiger partial charge in [-0.25, -0.2) is 4.79 Å². The van der Waals surface area contributed by atoms with Crippen molar-refractivity contribution in [1.82, 2.24) is 9.80 Å². The van der Waals surface area contributed by atoms with E-state index < -0.39 is 17.1 Å². The number of carbonyl (C=O) groups excluding carboxylic acids is 4. The summed E-state index contributed by atoms with van der Waals surface area (Å²) in [7, 11) is 0. The number of hydrogen-bond acceptors (Lipinski definition) is 7. The van der Waals surface area contributed by atoms with Gasteiger partial charge in [-0.2, -0.15) is 0 Å². The normalized spacial score (nSPS) is 18.0. The zero-order valence-corrected chi connectivity index (χ0v) is 23.2. The molecule has 3 amide bonds. The number of hydrogen-bond donors (Lipinski definition) is 0. The molecule has 11 heteroatoms. The van der Waals surface area contributed by atoms with Crippen molar-refractivity contribution in [2.75, 3.05) is 32.8 Å². The number of esters is 1. The lowest BCUT2D eigenvalue weighted by atomic mass is 10.2. The fraction of sp³-hybridized carbons (Fsp3) is 0.455. The Labute approximate surface area is 224 Å². The summed E-state index contributed by atoms with van der Waals surface area (Å²) < 4.78 is 12.0. The Hall–Kier alpha value is -1.35. The maximum atomic E-state index is 12.8. The fourth-order valence-corrected chi connectivity index (χ4v) is 6.44. The van der Waals surface area contributed by atoms with E-state index in [0.29, 0.717) is 18.8 Å². The van der Waals surface area contributed by atoms with Crippen molar-refractivity contribution in [1.29, 1.82) is 0 Å². The van der Waals surface area contributed by atoms with Crippen LogP contribution in [0.1, 0.15) is 38.2 Å². The monoisotopic (exact) mass is 698 g/mol. The molecule has 0 saturated carbocycles. The Bertz CT molecular complexity index is 953. The largest absolute Gasteiger partial charge is 0.480 e. The van der Waals surface area contributed by atoms with E-state index in [2.05, 4.69) is 45.2 Å². The third-order valence-corrected chi connectivity index (χ3v) is 7.59. The van der Waals surface area contributed by atoms with E-state index in [1.54, 1.807) is 30.0 Å². The van der Waals surface area contributed by atoms with Crippen molar-refractivity contribution >= 4 is 86.0 Å². The fourth-order valence-electron chi connectivity index (χ4n) is 3.48. The molecule has 0 unspecified atom stereocenters. The van der Waals surface area contributed by atoms with Gasteiger partial charge in [0.25, 0.3) is 11.1 Å². The summed E-state index contributed by atoms with van der Waals surface area (Å²) in [5.74, 6) is -0.539. The number of nitrogens with zero attached hydrogens (tertiary/aromatic N) is 2. The van der Waals surface area contributed by atoms with Crippen LogP contribution in [0, 0.1) is 7.14 Å². The molecular formula is C22H24I2N2O6S. The van der Waals surface area contributed by atoms with Gasteiger partial charge in [-0.3, -0.25) is 19.3 Å². The predicted molar refractivity (Wildman–Crippen MR) is 142 cm³/mol. The van der Waals surface area contributed by atoms with E-state index in [-0.39, 0.29) is 30.6 Å². The Balaban J connectivity index is 1.69. The zero-order valence-electron chi connectivity index (χ0n) is 18.1. The van der Waals surface area contributed by atoms with Crippen LogP contribution in [0.3, 0.4) is 0 Å². The third-order valence-electron chi connectivity index (χ3n) is 5.08. The number of ether oxygens (including phenoxy) is 2. The highest BCUT2D eigenvalue weighted by atomic mass is 127. The Morgan fingerprint density at radius 3 is 2.33 bits per heavy atom. The molecule has 178 valence electrons. The van der Waals surface area contributed by atoms with Gasteiger partial charge in [0.1, 0.15) is 12.3 Å². The van der Waals surface area contributed by atoms with Crippen LogP contribution in [0.25, 0.3) is 6.08 Å². The lowest BCUT2D eigenvalue weighted by molar-refractivity contribution is -0.145. The molecule has 0 aliphatic carbocycles. The second-order valence-electron chi connectivity index (χ2n) is 7.47. The van der Waals surface area contributed by atoms with Crippen molar-refractivity contribution in [3.63, 3.8) is 0 Å². The molecule has 2 fully saturated rings. The topological polar surface area (TPSA) is 93.2 Å². The highest BCUT2D eigenvalue weighted by molar-refractivity contribution is 14.1. The van der Waals surface area contributed by atoms with Crippen LogP contribution in [0.2, 0.25) is 0 Å². The van der Waals surface area contributed by atoms with E-state index in [4.69, 9.17) is 9.47 Å². The Morgan fingerprint density at radius 2 is 1.73 bits per heavy atom. The first-order valence-corrected chi connectivity index (χ1v) is 13.6. The molecule has 1 aromatic rings. The summed E-state index contributed by atoms with van der Waals surface area (Å²) in [6, 6.07) is 3.61. The maximum absolute atomic E-state index is 12.8. The average molecular weight is 698 g/mol. The number of amides is 3. The molecule has 0 atom stereocenters. The summed E-state index contributed by atoms with van der Waals surface area (Å²) in [5, 5.41) is -0.437. The summed E-state index contributed by atoms with van der Waals surface area (Å²) in [6.45, 7) is 2.94. The molecule has 3 rings (SSSR count). The minimum absolute atomic E-state index is 0.187. The highest BCUT2D eigenvalue weighted by Crippen LogP contribution is 2.35. The van der Waals surface area contributed by atoms with Crippen molar-refractivity contribution in [2.24, 2.45) is 0 Å². The molecule has 2 aliphatic rings. The number of likely N-dealkylation sites (tertiary alicyclic amines) is 1. The van der Waals surface area contributed by atoms with Gasteiger partial charge in [0, 0.05) is 13.1 Å². The van der Waals surface area contributed by atoms with Gasteiger partial charge in [0.15, 0.2) is 6.61 Å². The molecule has 2 aliphatic heterocycles. The van der Waals surface area contributed by atoms with Crippen LogP contribution in [0.15, 0.2) is 17.0 Å². The van der Waals surface area contributed by atoms with Crippen LogP contribution in [0.5, 0.6) is 5.75 Å². The van der Waals surface area contributed by atoms with Gasteiger partial charge >= 0.3 is 5.97 Å². The van der Waals surface area contributed by atoms with Gasteiger partial charge in [-0.05, 0) is 100 Å². The molecule has 8 nitrogen and oxygen atoms in total. The zero-order chi connectivity index (χ0) is 24.0. The van der Waals surface area contributed by atoms with Crippen molar-refractivity contribution < 1.29 is 28.7 Å². The number of carbonyl (C=O) groups is 4. The highest BCUT2D eigenvalue weighted by Gasteiger charge is 2.37. The van der Waals surface area contributed by atoms with Crippen LogP contribution < -0.4 is 4.74 Å². The third kappa shape index (κ3) is 7.07. The summed E-state index contributed by atoms with van der Waals surface area (Å²) in [4.78, 5) is 52.6. The summed E-state index contributed by atoms with van der Waals surface area (Å²) in [5.41, 5.74) is 0.719. The molecule has 0 radical (unpaired) electrons.